The Labute approximate surface area is 591 Å². The molecule has 3 aliphatic rings. The first-order chi connectivity index (χ1) is 46.4. The first-order valence-corrected chi connectivity index (χ1v) is 37.3. The Balaban J connectivity index is 1.63. The van der Waals surface area contributed by atoms with Gasteiger partial charge in [-0.15, -0.1) is 0 Å². The summed E-state index contributed by atoms with van der Waals surface area (Å²) in [4.78, 5) is 27.2. The van der Waals surface area contributed by atoms with Crippen molar-refractivity contribution in [1.82, 2.24) is 0 Å². The number of hydrogen-bond donors (Lipinski definition) is 8. The van der Waals surface area contributed by atoms with E-state index >= 15 is 0 Å². The van der Waals surface area contributed by atoms with Crippen molar-refractivity contribution in [3.8, 4) is 0 Å². The van der Waals surface area contributed by atoms with Gasteiger partial charge in [0.05, 0.1) is 104 Å². The molecule has 0 amide bonds. The lowest BCUT2D eigenvalue weighted by Gasteiger charge is -2.38. The Morgan fingerprint density at radius 2 is 0.990 bits per heavy atom. The van der Waals surface area contributed by atoms with Gasteiger partial charge in [-0.3, -0.25) is 0 Å². The number of aliphatic hydroxyl groups excluding tert-OH is 8. The Morgan fingerprint density at radius 1 is 0.541 bits per heavy atom. The molecule has 28 atom stereocenters. The quantitative estimate of drug-likeness (QED) is 0.0122. The molecule has 0 radical (unpaired) electrons. The highest BCUT2D eigenvalue weighted by Gasteiger charge is 2.42. The van der Waals surface area contributed by atoms with E-state index < -0.39 is 90.5 Å². The number of methoxy groups -OCH3 is 4. The minimum Gasteiger partial charge on any atom is -0.458 e. The molecule has 98 heavy (non-hydrogen) atoms. The highest BCUT2D eigenvalue weighted by atomic mass is 16.6. The molecule has 0 unspecified atom stereocenters. The van der Waals surface area contributed by atoms with Crippen molar-refractivity contribution < 1.29 is 93.1 Å². The van der Waals surface area contributed by atoms with Crippen LogP contribution < -0.4 is 0 Å². The second-order valence-electron chi connectivity index (χ2n) is 30.0. The molecule has 0 saturated carbocycles. The van der Waals surface area contributed by atoms with Crippen molar-refractivity contribution in [1.29, 1.82) is 0 Å². The van der Waals surface area contributed by atoms with Gasteiger partial charge in [0.15, 0.2) is 0 Å². The van der Waals surface area contributed by atoms with Crippen LogP contribution in [0.3, 0.4) is 0 Å². The van der Waals surface area contributed by atoms with Gasteiger partial charge < -0.3 is 83.5 Å². The van der Waals surface area contributed by atoms with Crippen LogP contribution in [0.2, 0.25) is 0 Å². The largest absolute Gasteiger partial charge is 0.458 e. The molecule has 0 aliphatic carbocycles. The maximum atomic E-state index is 13.8. The number of carbonyl (C=O) groups excluding carboxylic acids is 2. The Bertz CT molecular complexity index is 2380. The zero-order valence-electron chi connectivity index (χ0n) is 63.4. The summed E-state index contributed by atoms with van der Waals surface area (Å²) in [5.41, 5.74) is 1.50. The zero-order valence-corrected chi connectivity index (χ0v) is 63.4. The summed E-state index contributed by atoms with van der Waals surface area (Å²) >= 11 is 0. The predicted molar refractivity (Wildman–Crippen MR) is 385 cm³/mol. The van der Waals surface area contributed by atoms with Gasteiger partial charge in [-0.2, -0.15) is 0 Å². The van der Waals surface area contributed by atoms with Gasteiger partial charge >= 0.3 is 11.9 Å². The topological polar surface area (TPSA) is 279 Å². The average molecular weight is 1390 g/mol. The molecular weight excluding hydrogens is 1250 g/mol. The highest BCUT2D eigenvalue weighted by Crippen LogP contribution is 2.36. The molecule has 2 saturated heterocycles. The van der Waals surface area contributed by atoms with E-state index in [1.807, 2.05) is 87.5 Å². The maximum absolute atomic E-state index is 13.8. The average Bonchev–Trinajstić information content (AvgIpc) is 0.870. The van der Waals surface area contributed by atoms with Crippen LogP contribution in [-0.4, -0.2) is 204 Å². The van der Waals surface area contributed by atoms with Crippen LogP contribution in [-0.2, 0) is 52.2 Å². The van der Waals surface area contributed by atoms with E-state index in [0.717, 1.165) is 62.5 Å². The fourth-order valence-electron chi connectivity index (χ4n) is 14.6. The minimum absolute atomic E-state index is 0.00185. The van der Waals surface area contributed by atoms with E-state index in [2.05, 4.69) is 26.0 Å². The monoisotopic (exact) mass is 1390 g/mol. The molecule has 0 spiro atoms. The molecule has 3 heterocycles. The number of rotatable bonds is 47. The van der Waals surface area contributed by atoms with Crippen LogP contribution in [0.1, 0.15) is 213 Å². The number of esters is 2. The van der Waals surface area contributed by atoms with Gasteiger partial charge in [0.1, 0.15) is 12.2 Å². The number of hydrogen-bond acceptors (Lipinski definition) is 19. The summed E-state index contributed by atoms with van der Waals surface area (Å²) in [6.07, 6.45) is 19.5. The van der Waals surface area contributed by atoms with Crippen molar-refractivity contribution in [3.05, 3.63) is 71.9 Å². The lowest BCUT2D eigenvalue weighted by molar-refractivity contribution is -0.158. The lowest BCUT2D eigenvalue weighted by atomic mass is 9.78. The molecule has 0 aromatic rings. The number of carbonyl (C=O) groups is 2. The van der Waals surface area contributed by atoms with Gasteiger partial charge in [0.2, 0.25) is 0 Å². The zero-order chi connectivity index (χ0) is 73.3. The summed E-state index contributed by atoms with van der Waals surface area (Å²) in [6, 6.07) is 0. The van der Waals surface area contributed by atoms with Crippen LogP contribution in [0.4, 0.5) is 0 Å². The SMILES string of the molecule is CC[C@H]1C=CC[C@@H](C[C@H](OC)[C@@H](C)[C@@H](O)C[C@@H](O)[C@H](C)[C@H](OC(=O)/C=C/C(C)=C/C[C@H](O)C/C=C\C[C@H](C)C[C@H](OC)[C@@H](C)[C@@H](O)C[C@@H](O)[C@H](C)[C@H](OC(=O)/C=C/C(C)=C/CCO)[C@@H](C)[C@@H](O)[C@@H](C)CC[C@H]2C[C@@H](OC)C[C@H](C)O2)[C@@H](C)[C@@H](O)[C@@H](C)CC[C@H]2C[C@@H](OC)C[C@H](C)O2)O1. The van der Waals surface area contributed by atoms with Crippen molar-refractivity contribution >= 4 is 11.9 Å². The predicted octanol–water partition coefficient (Wildman–Crippen LogP) is 11.6. The Hall–Kier alpha value is -3.22. The molecule has 0 bridgehead atoms. The van der Waals surface area contributed by atoms with E-state index in [0.29, 0.717) is 51.4 Å². The standard InChI is InChI=1S/C79H138O19/c1-19-62-27-22-28-63(96-62)45-73(93-18)56(10)69(83)47-71(85)58(12)79(60(14)77(89)52(6)33-36-65-44-67(91-16)42-54(8)95-65)98-75(87)38-31-49(3)29-34-61(81)26-21-20-24-50(4)40-72(92-17)55(9)68(82)46-70(84)57(11)78(97-74(86)37-30-48(2)25-23-39-80)59(13)76(88)51(5)32-35-64-43-66(90-15)41-53(7)94-64/h20-22,25,27,29-31,37-38,50-73,76-85,88-89H,19,23-24,26,28,32-36,39-47H2,1-18H3/b21-20-,37-30+,38-31+,48-25+,49-29+/t50-,51-,52-,53-,54-,55-,56-,57-,58-,59-,60-,61+,62-,63-,64-,65-,66-,67-,68-,69-,70+,71+,72-,73-,76-,77-,78-,79-/m0/s1. The van der Waals surface area contributed by atoms with Crippen LogP contribution in [0.5, 0.6) is 0 Å². The van der Waals surface area contributed by atoms with Crippen LogP contribution in [0.15, 0.2) is 71.9 Å². The van der Waals surface area contributed by atoms with Crippen LogP contribution in [0, 0.1) is 53.3 Å². The number of allylic oxidation sites excluding steroid dienone is 5. The number of ether oxygens (including phenoxy) is 9. The van der Waals surface area contributed by atoms with Crippen molar-refractivity contribution in [2.45, 2.75) is 328 Å². The summed E-state index contributed by atoms with van der Waals surface area (Å²) in [6.45, 7) is 26.9. The van der Waals surface area contributed by atoms with Gasteiger partial charge in [-0.25, -0.2) is 9.59 Å². The summed E-state index contributed by atoms with van der Waals surface area (Å²) in [7, 11) is 6.67. The summed E-state index contributed by atoms with van der Waals surface area (Å²) < 4.78 is 54.1. The van der Waals surface area contributed by atoms with E-state index in [9.17, 15) is 50.4 Å². The lowest BCUT2D eigenvalue weighted by Crippen LogP contribution is -2.45. The molecular formula is C79H138O19. The van der Waals surface area contributed by atoms with Crippen LogP contribution in [0.25, 0.3) is 0 Å². The van der Waals surface area contributed by atoms with Gasteiger partial charge in [-0.05, 0) is 155 Å². The fourth-order valence-corrected chi connectivity index (χ4v) is 14.6. The maximum Gasteiger partial charge on any atom is 0.331 e. The third-order valence-electron chi connectivity index (χ3n) is 21.7. The smallest absolute Gasteiger partial charge is 0.331 e. The molecule has 2 fully saturated rings. The van der Waals surface area contributed by atoms with E-state index in [1.165, 1.54) is 12.2 Å². The normalized spacial score (nSPS) is 27.7. The molecule has 19 nitrogen and oxygen atoms in total. The van der Waals surface area contributed by atoms with Crippen molar-refractivity contribution in [2.75, 3.05) is 35.0 Å². The molecule has 8 N–H and O–H groups in total. The van der Waals surface area contributed by atoms with E-state index in [-0.39, 0.29) is 110 Å². The van der Waals surface area contributed by atoms with Crippen molar-refractivity contribution in [3.63, 3.8) is 0 Å². The minimum atomic E-state index is -1.11. The third-order valence-corrected chi connectivity index (χ3v) is 21.7. The first kappa shape index (κ1) is 89.0. The van der Waals surface area contributed by atoms with Gasteiger partial charge in [0, 0.05) is 89.1 Å². The van der Waals surface area contributed by atoms with Gasteiger partial charge in [0.25, 0.3) is 0 Å². The summed E-state index contributed by atoms with van der Waals surface area (Å²) in [5.74, 6) is -4.80. The molecule has 19 heteroatoms. The van der Waals surface area contributed by atoms with Crippen LogP contribution >= 0.6 is 0 Å². The van der Waals surface area contributed by atoms with Gasteiger partial charge in [-0.1, -0.05) is 129 Å². The summed E-state index contributed by atoms with van der Waals surface area (Å²) in [5, 5.41) is 90.9. The molecule has 3 aliphatic heterocycles. The molecule has 3 rings (SSSR count). The molecule has 568 valence electrons. The number of aliphatic hydroxyl groups is 8. The Morgan fingerprint density at radius 3 is 1.44 bits per heavy atom. The first-order valence-electron chi connectivity index (χ1n) is 37.3. The second-order valence-corrected chi connectivity index (χ2v) is 30.0. The highest BCUT2D eigenvalue weighted by molar-refractivity contribution is 5.83. The molecule has 0 aromatic carbocycles. The second kappa shape index (κ2) is 47.2. The van der Waals surface area contributed by atoms with Crippen molar-refractivity contribution in [2.24, 2.45) is 53.3 Å². The van der Waals surface area contributed by atoms with E-state index in [4.69, 9.17) is 42.6 Å². The fraction of sp³-hybridized carbons (Fsp3) is 0.823. The van der Waals surface area contributed by atoms with E-state index in [1.54, 1.807) is 60.5 Å². The molecule has 0 aromatic heterocycles. The third kappa shape index (κ3) is 31.8. The Kier molecular flexibility index (Phi) is 42.9.